The normalized spacial score (nSPS) is 11.8. The van der Waals surface area contributed by atoms with Gasteiger partial charge in [-0.3, -0.25) is 4.79 Å². The molecule has 4 heteroatoms. The van der Waals surface area contributed by atoms with E-state index in [0.717, 1.165) is 12.1 Å². The molecule has 2 aromatic rings. The predicted molar refractivity (Wildman–Crippen MR) is 90.6 cm³/mol. The van der Waals surface area contributed by atoms with Gasteiger partial charge in [-0.1, -0.05) is 43.6 Å². The van der Waals surface area contributed by atoms with Crippen molar-refractivity contribution >= 4 is 23.2 Å². The molecular formula is C18H20ClNO2. The van der Waals surface area contributed by atoms with Crippen molar-refractivity contribution in [3.63, 3.8) is 0 Å². The van der Waals surface area contributed by atoms with E-state index >= 15 is 0 Å². The Morgan fingerprint density at radius 1 is 1.18 bits per heavy atom. The molecule has 0 saturated heterocycles. The van der Waals surface area contributed by atoms with Crippen molar-refractivity contribution in [2.45, 2.75) is 32.8 Å². The van der Waals surface area contributed by atoms with Crippen LogP contribution in [0, 0.1) is 0 Å². The quantitative estimate of drug-likeness (QED) is 0.838. The van der Waals surface area contributed by atoms with Crippen LogP contribution in [0.25, 0.3) is 0 Å². The van der Waals surface area contributed by atoms with Crippen LogP contribution < -0.4 is 10.1 Å². The number of carbonyl (C=O) groups excluding carboxylic acids is 1. The van der Waals surface area contributed by atoms with Gasteiger partial charge in [0.2, 0.25) is 0 Å². The van der Waals surface area contributed by atoms with E-state index in [9.17, 15) is 4.79 Å². The van der Waals surface area contributed by atoms with E-state index in [0.29, 0.717) is 17.2 Å². The van der Waals surface area contributed by atoms with Crippen LogP contribution in [-0.4, -0.2) is 12.0 Å². The molecule has 1 atom stereocenters. The van der Waals surface area contributed by atoms with Gasteiger partial charge in [-0.2, -0.15) is 0 Å². The second-order valence-electron chi connectivity index (χ2n) is 5.01. The fourth-order valence-electron chi connectivity index (χ4n) is 2.07. The first kappa shape index (κ1) is 16.4. The number of rotatable bonds is 6. The third kappa shape index (κ3) is 4.50. The Bertz CT molecular complexity index is 625. The highest BCUT2D eigenvalue weighted by Gasteiger charge is 2.18. The van der Waals surface area contributed by atoms with E-state index in [1.54, 1.807) is 24.3 Å². The zero-order valence-electron chi connectivity index (χ0n) is 12.8. The Kier molecular flexibility index (Phi) is 5.84. The molecule has 0 aromatic heterocycles. The predicted octanol–water partition coefficient (Wildman–Crippen LogP) is 4.70. The molecule has 1 amide bonds. The maximum absolute atomic E-state index is 12.3. The van der Waals surface area contributed by atoms with Crippen LogP contribution in [0.1, 0.15) is 25.8 Å². The highest BCUT2D eigenvalue weighted by atomic mass is 35.5. The SMILES string of the molecule is CCc1ccc(NC(=O)C(CC)Oc2cccc(Cl)c2)cc1. The first-order valence-corrected chi connectivity index (χ1v) is 7.82. The Morgan fingerprint density at radius 3 is 2.50 bits per heavy atom. The van der Waals surface area contributed by atoms with Crippen LogP contribution in [0.4, 0.5) is 5.69 Å². The van der Waals surface area contributed by atoms with Gasteiger partial charge in [0, 0.05) is 10.7 Å². The summed E-state index contributed by atoms with van der Waals surface area (Å²) in [6.45, 7) is 4.01. The number of carbonyl (C=O) groups is 1. The summed E-state index contributed by atoms with van der Waals surface area (Å²) < 4.78 is 5.73. The molecule has 2 aromatic carbocycles. The van der Waals surface area contributed by atoms with E-state index in [2.05, 4.69) is 12.2 Å². The van der Waals surface area contributed by atoms with Crippen molar-refractivity contribution in [1.82, 2.24) is 0 Å². The zero-order valence-corrected chi connectivity index (χ0v) is 13.6. The molecule has 1 unspecified atom stereocenters. The van der Waals surface area contributed by atoms with Gasteiger partial charge in [-0.25, -0.2) is 0 Å². The molecule has 2 rings (SSSR count). The van der Waals surface area contributed by atoms with Gasteiger partial charge in [0.15, 0.2) is 6.10 Å². The van der Waals surface area contributed by atoms with Crippen LogP contribution in [0.15, 0.2) is 48.5 Å². The molecule has 3 nitrogen and oxygen atoms in total. The van der Waals surface area contributed by atoms with Crippen molar-refractivity contribution in [2.75, 3.05) is 5.32 Å². The van der Waals surface area contributed by atoms with Crippen LogP contribution in [0.5, 0.6) is 5.75 Å². The van der Waals surface area contributed by atoms with E-state index in [-0.39, 0.29) is 5.91 Å². The molecule has 0 radical (unpaired) electrons. The number of benzene rings is 2. The summed E-state index contributed by atoms with van der Waals surface area (Å²) in [7, 11) is 0. The monoisotopic (exact) mass is 317 g/mol. The lowest BCUT2D eigenvalue weighted by molar-refractivity contribution is -0.122. The Morgan fingerprint density at radius 2 is 1.91 bits per heavy atom. The molecule has 22 heavy (non-hydrogen) atoms. The minimum Gasteiger partial charge on any atom is -0.481 e. The number of anilines is 1. The largest absolute Gasteiger partial charge is 0.481 e. The summed E-state index contributed by atoms with van der Waals surface area (Å²) in [5.74, 6) is 0.433. The maximum Gasteiger partial charge on any atom is 0.265 e. The van der Waals surface area contributed by atoms with Gasteiger partial charge >= 0.3 is 0 Å². The fraction of sp³-hybridized carbons (Fsp3) is 0.278. The second-order valence-corrected chi connectivity index (χ2v) is 5.45. The lowest BCUT2D eigenvalue weighted by atomic mass is 10.1. The van der Waals surface area contributed by atoms with Crippen LogP contribution in [0.3, 0.4) is 0 Å². The third-order valence-electron chi connectivity index (χ3n) is 3.37. The Labute approximate surface area is 136 Å². The number of hydrogen-bond donors (Lipinski definition) is 1. The minimum absolute atomic E-state index is 0.160. The number of aryl methyl sites for hydroxylation is 1. The average molecular weight is 318 g/mol. The summed E-state index contributed by atoms with van der Waals surface area (Å²) >= 11 is 5.93. The first-order valence-electron chi connectivity index (χ1n) is 7.44. The average Bonchev–Trinajstić information content (AvgIpc) is 2.53. The zero-order chi connectivity index (χ0) is 15.9. The van der Waals surface area contributed by atoms with Crippen molar-refractivity contribution in [2.24, 2.45) is 0 Å². The van der Waals surface area contributed by atoms with Gasteiger partial charge in [-0.15, -0.1) is 0 Å². The second kappa shape index (κ2) is 7.85. The molecule has 0 heterocycles. The van der Waals surface area contributed by atoms with Gasteiger partial charge in [0.05, 0.1) is 0 Å². The summed E-state index contributed by atoms with van der Waals surface area (Å²) in [5, 5.41) is 3.47. The van der Waals surface area contributed by atoms with E-state index in [1.807, 2.05) is 31.2 Å². The summed E-state index contributed by atoms with van der Waals surface area (Å²) in [4.78, 5) is 12.3. The molecule has 116 valence electrons. The van der Waals surface area contributed by atoms with Gasteiger partial charge in [0.25, 0.3) is 5.91 Å². The molecular weight excluding hydrogens is 298 g/mol. The lowest BCUT2D eigenvalue weighted by Crippen LogP contribution is -2.32. The van der Waals surface area contributed by atoms with E-state index < -0.39 is 6.10 Å². The molecule has 0 aliphatic heterocycles. The van der Waals surface area contributed by atoms with Gasteiger partial charge in [-0.05, 0) is 48.7 Å². The summed E-state index contributed by atoms with van der Waals surface area (Å²) in [6, 6.07) is 14.9. The topological polar surface area (TPSA) is 38.3 Å². The van der Waals surface area contributed by atoms with Gasteiger partial charge < -0.3 is 10.1 Å². The highest BCUT2D eigenvalue weighted by molar-refractivity contribution is 6.30. The Balaban J connectivity index is 2.01. The number of hydrogen-bond acceptors (Lipinski definition) is 2. The minimum atomic E-state index is -0.552. The standard InChI is InChI=1S/C18H20ClNO2/c1-3-13-8-10-15(11-9-13)20-18(21)17(4-2)22-16-7-5-6-14(19)12-16/h5-12,17H,3-4H2,1-2H3,(H,20,21). The molecule has 0 fully saturated rings. The van der Waals surface area contributed by atoms with Crippen LogP contribution in [0.2, 0.25) is 5.02 Å². The number of ether oxygens (including phenoxy) is 1. The lowest BCUT2D eigenvalue weighted by Gasteiger charge is -2.17. The number of amides is 1. The maximum atomic E-state index is 12.3. The number of nitrogens with one attached hydrogen (secondary N) is 1. The third-order valence-corrected chi connectivity index (χ3v) is 3.60. The molecule has 1 N–H and O–H groups in total. The highest BCUT2D eigenvalue weighted by Crippen LogP contribution is 2.20. The van der Waals surface area contributed by atoms with Crippen molar-refractivity contribution < 1.29 is 9.53 Å². The van der Waals surface area contributed by atoms with E-state index in [1.165, 1.54) is 5.56 Å². The molecule has 0 spiro atoms. The first-order chi connectivity index (χ1) is 10.6. The van der Waals surface area contributed by atoms with Crippen LogP contribution in [-0.2, 0) is 11.2 Å². The molecule has 0 bridgehead atoms. The number of halogens is 1. The van der Waals surface area contributed by atoms with Crippen molar-refractivity contribution in [3.8, 4) is 5.75 Å². The fourth-order valence-corrected chi connectivity index (χ4v) is 2.25. The van der Waals surface area contributed by atoms with Crippen LogP contribution >= 0.6 is 11.6 Å². The van der Waals surface area contributed by atoms with Crippen molar-refractivity contribution in [1.29, 1.82) is 0 Å². The summed E-state index contributed by atoms with van der Waals surface area (Å²) in [5.41, 5.74) is 2.01. The van der Waals surface area contributed by atoms with Crippen molar-refractivity contribution in [3.05, 3.63) is 59.1 Å². The summed E-state index contributed by atoms with van der Waals surface area (Å²) in [6.07, 6.45) is 0.999. The smallest absolute Gasteiger partial charge is 0.265 e. The van der Waals surface area contributed by atoms with E-state index in [4.69, 9.17) is 16.3 Å². The molecule has 0 aliphatic rings. The molecule has 0 saturated carbocycles. The van der Waals surface area contributed by atoms with Gasteiger partial charge in [0.1, 0.15) is 5.75 Å². The Hall–Kier alpha value is -2.00. The molecule has 0 aliphatic carbocycles.